The Morgan fingerprint density at radius 1 is 1.29 bits per heavy atom. The van der Waals surface area contributed by atoms with Gasteiger partial charge >= 0.3 is 0 Å². The Hall–Kier alpha value is -2.43. The summed E-state index contributed by atoms with van der Waals surface area (Å²) in [7, 11) is 0. The first-order valence-electron chi connectivity index (χ1n) is 5.07. The minimum Gasteiger partial charge on any atom is -0.464 e. The molecule has 3 rings (SSSR count). The minimum atomic E-state index is -0.253. The van der Waals surface area contributed by atoms with Gasteiger partial charge in [-0.05, 0) is 6.07 Å². The summed E-state index contributed by atoms with van der Waals surface area (Å²) in [6.45, 7) is 1.38. The Labute approximate surface area is 96.0 Å². The lowest BCUT2D eigenvalue weighted by atomic mass is 10.2. The maximum absolute atomic E-state index is 11.1. The van der Waals surface area contributed by atoms with Crippen molar-refractivity contribution in [1.82, 2.24) is 10.1 Å². The fourth-order valence-electron chi connectivity index (χ4n) is 1.63. The summed E-state index contributed by atoms with van der Waals surface area (Å²) in [5.74, 6) is 0.113. The van der Waals surface area contributed by atoms with E-state index in [-0.39, 0.29) is 11.7 Å². The number of nitrogens with zero attached hydrogens (tertiary/aromatic N) is 2. The van der Waals surface area contributed by atoms with Crippen LogP contribution >= 0.6 is 0 Å². The maximum atomic E-state index is 11.1. The van der Waals surface area contributed by atoms with Crippen LogP contribution < -0.4 is 0 Å². The molecule has 5 nitrogen and oxygen atoms in total. The number of ketones is 1. The van der Waals surface area contributed by atoms with Crippen LogP contribution in [0.25, 0.3) is 22.4 Å². The van der Waals surface area contributed by atoms with Gasteiger partial charge in [0.2, 0.25) is 11.6 Å². The first-order valence-corrected chi connectivity index (χ1v) is 5.07. The van der Waals surface area contributed by atoms with Gasteiger partial charge in [0.05, 0.1) is 5.56 Å². The van der Waals surface area contributed by atoms with Gasteiger partial charge in [-0.1, -0.05) is 23.4 Å². The van der Waals surface area contributed by atoms with E-state index in [1.165, 1.54) is 6.92 Å². The monoisotopic (exact) mass is 228 g/mol. The van der Waals surface area contributed by atoms with Crippen LogP contribution in [-0.4, -0.2) is 15.9 Å². The molecule has 0 bridgehead atoms. The van der Waals surface area contributed by atoms with Gasteiger partial charge in [-0.3, -0.25) is 4.79 Å². The lowest BCUT2D eigenvalue weighted by Crippen LogP contribution is -1.90. The third kappa shape index (κ3) is 1.52. The molecule has 84 valence electrons. The molecule has 17 heavy (non-hydrogen) atoms. The van der Waals surface area contributed by atoms with Gasteiger partial charge in [0.15, 0.2) is 0 Å². The van der Waals surface area contributed by atoms with Crippen molar-refractivity contribution < 1.29 is 13.7 Å². The molecule has 0 radical (unpaired) electrons. The predicted octanol–water partition coefficient (Wildman–Crippen LogP) is 2.69. The molecule has 0 atom stereocenters. The fraction of sp³-hybridized carbons (Fsp3) is 0.0833. The van der Waals surface area contributed by atoms with Crippen molar-refractivity contribution >= 4 is 16.8 Å². The smallest absolute Gasteiger partial charge is 0.294 e. The average Bonchev–Trinajstić information content (AvgIpc) is 2.95. The van der Waals surface area contributed by atoms with E-state index in [0.717, 1.165) is 16.5 Å². The van der Waals surface area contributed by atoms with E-state index in [9.17, 15) is 4.79 Å². The molecule has 2 aromatic heterocycles. The number of hydrogen-bond acceptors (Lipinski definition) is 5. The zero-order valence-electron chi connectivity index (χ0n) is 9.01. The Morgan fingerprint density at radius 3 is 2.88 bits per heavy atom. The molecule has 0 fully saturated rings. The number of rotatable bonds is 2. The zero-order valence-corrected chi connectivity index (χ0v) is 9.01. The van der Waals surface area contributed by atoms with Crippen LogP contribution in [0.5, 0.6) is 0 Å². The number of furan rings is 1. The molecule has 0 amide bonds. The van der Waals surface area contributed by atoms with E-state index in [2.05, 4.69) is 10.1 Å². The van der Waals surface area contributed by atoms with E-state index in [1.807, 2.05) is 24.3 Å². The number of fused-ring (bicyclic) bond motifs is 1. The van der Waals surface area contributed by atoms with Crippen molar-refractivity contribution in [2.45, 2.75) is 6.92 Å². The number of hydrogen-bond donors (Lipinski definition) is 0. The molecule has 0 saturated carbocycles. The molecule has 0 unspecified atom stereocenters. The van der Waals surface area contributed by atoms with E-state index < -0.39 is 0 Å². The second-order valence-corrected chi connectivity index (χ2v) is 3.62. The molecular formula is C12H8N2O3. The van der Waals surface area contributed by atoms with Gasteiger partial charge in [-0.25, -0.2) is 0 Å². The van der Waals surface area contributed by atoms with Crippen LogP contribution in [0.4, 0.5) is 0 Å². The molecule has 2 heterocycles. The summed E-state index contributed by atoms with van der Waals surface area (Å²) >= 11 is 0. The van der Waals surface area contributed by atoms with Crippen LogP contribution in [0.3, 0.4) is 0 Å². The number of carbonyl (C=O) groups excluding carboxylic acids is 1. The van der Waals surface area contributed by atoms with Gasteiger partial charge in [0.25, 0.3) is 5.89 Å². The second-order valence-electron chi connectivity index (χ2n) is 3.62. The Kier molecular flexibility index (Phi) is 2.04. The largest absolute Gasteiger partial charge is 0.464 e. The van der Waals surface area contributed by atoms with Crippen LogP contribution in [0.1, 0.15) is 17.6 Å². The van der Waals surface area contributed by atoms with Gasteiger partial charge < -0.3 is 8.94 Å². The number of aromatic nitrogens is 2. The molecule has 0 saturated heterocycles. The van der Waals surface area contributed by atoms with E-state index in [1.54, 1.807) is 6.26 Å². The van der Waals surface area contributed by atoms with Crippen molar-refractivity contribution in [1.29, 1.82) is 0 Å². The molecule has 0 aliphatic heterocycles. The normalized spacial score (nSPS) is 10.9. The summed E-state index contributed by atoms with van der Waals surface area (Å²) in [5, 5.41) is 4.66. The Morgan fingerprint density at radius 2 is 2.12 bits per heavy atom. The molecule has 0 spiro atoms. The standard InChI is InChI=1S/C12H8N2O3/c1-7(15)12-13-11(14-17-12)9-6-16-10-5-3-2-4-8(9)10/h2-6H,1H3. The molecule has 0 aliphatic rings. The number of para-hydroxylation sites is 1. The van der Waals surface area contributed by atoms with Crippen molar-refractivity contribution in [3.63, 3.8) is 0 Å². The molecule has 0 aliphatic carbocycles. The highest BCUT2D eigenvalue weighted by atomic mass is 16.5. The first-order chi connectivity index (χ1) is 8.25. The summed E-state index contributed by atoms with van der Waals surface area (Å²) < 4.78 is 10.2. The highest BCUT2D eigenvalue weighted by Gasteiger charge is 2.15. The van der Waals surface area contributed by atoms with Gasteiger partial charge in [-0.2, -0.15) is 4.98 Å². The number of benzene rings is 1. The van der Waals surface area contributed by atoms with Crippen molar-refractivity contribution in [2.24, 2.45) is 0 Å². The Bertz CT molecular complexity index is 696. The van der Waals surface area contributed by atoms with Crippen LogP contribution in [0.15, 0.2) is 39.5 Å². The SMILES string of the molecule is CC(=O)c1nc(-c2coc3ccccc23)no1. The summed E-state index contributed by atoms with van der Waals surface area (Å²) in [6, 6.07) is 7.53. The lowest BCUT2D eigenvalue weighted by molar-refractivity contribution is 0.0972. The highest BCUT2D eigenvalue weighted by molar-refractivity contribution is 5.93. The van der Waals surface area contributed by atoms with Crippen molar-refractivity contribution in [2.75, 3.05) is 0 Å². The van der Waals surface area contributed by atoms with Gasteiger partial charge in [0.1, 0.15) is 11.8 Å². The van der Waals surface area contributed by atoms with E-state index in [4.69, 9.17) is 8.94 Å². The molecule has 3 aromatic rings. The molecule has 1 aromatic carbocycles. The maximum Gasteiger partial charge on any atom is 0.294 e. The van der Waals surface area contributed by atoms with E-state index in [0.29, 0.717) is 5.82 Å². The van der Waals surface area contributed by atoms with E-state index >= 15 is 0 Å². The minimum absolute atomic E-state index is 0.00489. The van der Waals surface area contributed by atoms with Crippen LogP contribution in [-0.2, 0) is 0 Å². The average molecular weight is 228 g/mol. The number of carbonyl (C=O) groups is 1. The Balaban J connectivity index is 2.17. The van der Waals surface area contributed by atoms with Gasteiger partial charge in [0, 0.05) is 12.3 Å². The van der Waals surface area contributed by atoms with Gasteiger partial charge in [-0.15, -0.1) is 0 Å². The number of Topliss-reactive ketones (excluding diaryl/α,β-unsaturated/α-hetero) is 1. The molecule has 0 N–H and O–H groups in total. The molecule has 5 heteroatoms. The van der Waals surface area contributed by atoms with Crippen molar-refractivity contribution in [3.05, 3.63) is 36.4 Å². The fourth-order valence-corrected chi connectivity index (χ4v) is 1.63. The lowest BCUT2D eigenvalue weighted by Gasteiger charge is -1.88. The second kappa shape index (κ2) is 3.55. The predicted molar refractivity (Wildman–Crippen MR) is 59.5 cm³/mol. The van der Waals surface area contributed by atoms with Crippen LogP contribution in [0, 0.1) is 0 Å². The zero-order chi connectivity index (χ0) is 11.8. The third-order valence-electron chi connectivity index (χ3n) is 2.45. The summed E-state index contributed by atoms with van der Waals surface area (Å²) in [5.41, 5.74) is 1.47. The highest BCUT2D eigenvalue weighted by Crippen LogP contribution is 2.28. The molecular weight excluding hydrogens is 220 g/mol. The quantitative estimate of drug-likeness (QED) is 0.630. The third-order valence-corrected chi connectivity index (χ3v) is 2.45. The summed E-state index contributed by atoms with van der Waals surface area (Å²) in [4.78, 5) is 15.1. The van der Waals surface area contributed by atoms with Crippen molar-refractivity contribution in [3.8, 4) is 11.4 Å². The first kappa shape index (κ1) is 9.77. The van der Waals surface area contributed by atoms with Crippen LogP contribution in [0.2, 0.25) is 0 Å². The topological polar surface area (TPSA) is 69.1 Å². The summed E-state index contributed by atoms with van der Waals surface area (Å²) in [6.07, 6.45) is 1.55.